The molecule has 152 valence electrons. The lowest BCUT2D eigenvalue weighted by Crippen LogP contribution is -2.47. The standard InChI is InChI=1S/C19H31N3O5/c1-11-13(17(25)22(16(11)24)21(5)6)15(23)14(12-9-7-8-10-12)20-18(26)27-19(2,3)4/h12,14,24-25H,7-10H2,1-6H3,(H,20,26)/t14-/m0/s1. The Bertz CT molecular complexity index is 712. The zero-order valence-corrected chi connectivity index (χ0v) is 17.0. The lowest BCUT2D eigenvalue weighted by atomic mass is 9.90. The van der Waals surface area contributed by atoms with E-state index in [0.717, 1.165) is 30.4 Å². The summed E-state index contributed by atoms with van der Waals surface area (Å²) >= 11 is 0. The van der Waals surface area contributed by atoms with Crippen molar-refractivity contribution in [2.75, 3.05) is 19.1 Å². The van der Waals surface area contributed by atoms with Gasteiger partial charge in [0.1, 0.15) is 5.60 Å². The van der Waals surface area contributed by atoms with Gasteiger partial charge in [0.05, 0.1) is 11.6 Å². The van der Waals surface area contributed by atoms with Crippen LogP contribution < -0.4 is 10.3 Å². The molecule has 1 heterocycles. The van der Waals surface area contributed by atoms with Gasteiger partial charge in [-0.3, -0.25) is 4.79 Å². The van der Waals surface area contributed by atoms with Crippen LogP contribution >= 0.6 is 0 Å². The van der Waals surface area contributed by atoms with Crippen LogP contribution in [-0.2, 0) is 4.74 Å². The molecular formula is C19H31N3O5. The first-order chi connectivity index (χ1) is 12.4. The Hall–Kier alpha value is -2.38. The van der Waals surface area contributed by atoms with Gasteiger partial charge in [0.15, 0.2) is 5.78 Å². The molecule has 27 heavy (non-hydrogen) atoms. The van der Waals surface area contributed by atoms with Gasteiger partial charge in [-0.15, -0.1) is 0 Å². The fourth-order valence-electron chi connectivity index (χ4n) is 3.60. The maximum absolute atomic E-state index is 13.3. The SMILES string of the molecule is Cc1c(C(=O)[C@@H](NC(=O)OC(C)(C)C)C2CCCC2)c(O)n(N(C)C)c1O. The van der Waals surface area contributed by atoms with Crippen LogP contribution in [0.15, 0.2) is 0 Å². The Labute approximate surface area is 160 Å². The van der Waals surface area contributed by atoms with Crippen LogP contribution in [0.25, 0.3) is 0 Å². The Kier molecular flexibility index (Phi) is 5.97. The highest BCUT2D eigenvalue weighted by Crippen LogP contribution is 2.36. The average molecular weight is 381 g/mol. The van der Waals surface area contributed by atoms with Crippen molar-refractivity contribution in [2.24, 2.45) is 5.92 Å². The summed E-state index contributed by atoms with van der Waals surface area (Å²) in [5, 5.41) is 25.0. The number of ether oxygens (including phenoxy) is 1. The molecule has 1 saturated carbocycles. The molecule has 1 fully saturated rings. The topological polar surface area (TPSA) is 104 Å². The number of ketones is 1. The van der Waals surface area contributed by atoms with Crippen molar-refractivity contribution in [3.8, 4) is 11.8 Å². The summed E-state index contributed by atoms with van der Waals surface area (Å²) < 4.78 is 6.47. The van der Waals surface area contributed by atoms with E-state index in [1.165, 1.54) is 5.01 Å². The Morgan fingerprint density at radius 3 is 2.19 bits per heavy atom. The number of carbonyl (C=O) groups excluding carboxylic acids is 2. The summed E-state index contributed by atoms with van der Waals surface area (Å²) in [5.74, 6) is -0.996. The molecular weight excluding hydrogens is 350 g/mol. The van der Waals surface area contributed by atoms with Gasteiger partial charge in [-0.05, 0) is 46.5 Å². The number of amides is 1. The molecule has 0 aromatic carbocycles. The third kappa shape index (κ3) is 4.48. The van der Waals surface area contributed by atoms with Gasteiger partial charge < -0.3 is 25.3 Å². The van der Waals surface area contributed by atoms with Crippen molar-refractivity contribution < 1.29 is 24.5 Å². The normalized spacial score (nSPS) is 16.2. The van der Waals surface area contributed by atoms with Crippen LogP contribution in [0.3, 0.4) is 0 Å². The lowest BCUT2D eigenvalue weighted by Gasteiger charge is -2.26. The zero-order valence-electron chi connectivity index (χ0n) is 17.0. The average Bonchev–Trinajstić information content (AvgIpc) is 3.10. The summed E-state index contributed by atoms with van der Waals surface area (Å²) in [6, 6.07) is -0.815. The molecule has 1 atom stereocenters. The highest BCUT2D eigenvalue weighted by molar-refractivity contribution is 6.05. The summed E-state index contributed by atoms with van der Waals surface area (Å²) in [7, 11) is 3.28. The molecule has 0 bridgehead atoms. The van der Waals surface area contributed by atoms with E-state index in [4.69, 9.17) is 4.74 Å². The van der Waals surface area contributed by atoms with Gasteiger partial charge in [0.25, 0.3) is 0 Å². The molecule has 2 rings (SSSR count). The van der Waals surface area contributed by atoms with Crippen molar-refractivity contribution in [1.29, 1.82) is 0 Å². The van der Waals surface area contributed by atoms with E-state index in [1.807, 2.05) is 0 Å². The van der Waals surface area contributed by atoms with Gasteiger partial charge in [-0.25, -0.2) is 4.79 Å². The van der Waals surface area contributed by atoms with E-state index < -0.39 is 23.5 Å². The van der Waals surface area contributed by atoms with Crippen LogP contribution in [0.2, 0.25) is 0 Å². The minimum Gasteiger partial charge on any atom is -0.493 e. The van der Waals surface area contributed by atoms with E-state index in [1.54, 1.807) is 41.8 Å². The molecule has 1 aromatic rings. The summed E-state index contributed by atoms with van der Waals surface area (Å²) in [6.45, 7) is 6.83. The largest absolute Gasteiger partial charge is 0.493 e. The van der Waals surface area contributed by atoms with E-state index in [-0.39, 0.29) is 28.8 Å². The molecule has 1 aliphatic carbocycles. The molecule has 0 radical (unpaired) electrons. The Balaban J connectivity index is 2.37. The molecule has 0 spiro atoms. The van der Waals surface area contributed by atoms with Crippen LogP contribution in [0.4, 0.5) is 4.79 Å². The second-order valence-electron chi connectivity index (χ2n) is 8.34. The van der Waals surface area contributed by atoms with Gasteiger partial charge in [0, 0.05) is 19.7 Å². The van der Waals surface area contributed by atoms with Crippen molar-refractivity contribution in [3.05, 3.63) is 11.1 Å². The monoisotopic (exact) mass is 381 g/mol. The number of aromatic hydroxyl groups is 2. The minimum absolute atomic E-state index is 0.0224. The second kappa shape index (κ2) is 7.70. The molecule has 1 aliphatic rings. The molecule has 3 N–H and O–H groups in total. The summed E-state index contributed by atoms with van der Waals surface area (Å²) in [5.41, 5.74) is -0.382. The number of hydrogen-bond donors (Lipinski definition) is 3. The van der Waals surface area contributed by atoms with Crippen molar-refractivity contribution in [3.63, 3.8) is 0 Å². The highest BCUT2D eigenvalue weighted by Gasteiger charge is 2.37. The molecule has 0 aliphatic heterocycles. The number of nitrogens with zero attached hydrogens (tertiary/aromatic N) is 2. The van der Waals surface area contributed by atoms with Gasteiger partial charge >= 0.3 is 6.09 Å². The van der Waals surface area contributed by atoms with E-state index in [0.29, 0.717) is 0 Å². The quantitative estimate of drug-likeness (QED) is 0.678. The van der Waals surface area contributed by atoms with Crippen LogP contribution in [-0.4, -0.2) is 52.5 Å². The number of nitrogens with one attached hydrogen (secondary N) is 1. The van der Waals surface area contributed by atoms with Crippen molar-refractivity contribution in [1.82, 2.24) is 9.99 Å². The molecule has 8 nitrogen and oxygen atoms in total. The van der Waals surface area contributed by atoms with Crippen LogP contribution in [0.5, 0.6) is 11.8 Å². The smallest absolute Gasteiger partial charge is 0.408 e. The van der Waals surface area contributed by atoms with E-state index in [9.17, 15) is 19.8 Å². The first-order valence-electron chi connectivity index (χ1n) is 9.28. The molecule has 8 heteroatoms. The number of aromatic nitrogens is 1. The molecule has 1 aromatic heterocycles. The first-order valence-corrected chi connectivity index (χ1v) is 9.28. The van der Waals surface area contributed by atoms with Crippen LogP contribution in [0.1, 0.15) is 62.4 Å². The van der Waals surface area contributed by atoms with Crippen molar-refractivity contribution >= 4 is 11.9 Å². The zero-order chi connectivity index (χ0) is 20.5. The second-order valence-corrected chi connectivity index (χ2v) is 8.34. The maximum Gasteiger partial charge on any atom is 0.408 e. The van der Waals surface area contributed by atoms with Gasteiger partial charge in [0.2, 0.25) is 11.8 Å². The fourth-order valence-corrected chi connectivity index (χ4v) is 3.60. The minimum atomic E-state index is -0.815. The number of alkyl carbamates (subject to hydrolysis) is 1. The third-order valence-electron chi connectivity index (χ3n) is 4.81. The first kappa shape index (κ1) is 20.9. The molecule has 0 saturated heterocycles. The number of hydrogen-bond acceptors (Lipinski definition) is 6. The highest BCUT2D eigenvalue weighted by atomic mass is 16.6. The predicted octanol–water partition coefficient (Wildman–Crippen LogP) is 2.67. The predicted molar refractivity (Wildman–Crippen MR) is 102 cm³/mol. The third-order valence-corrected chi connectivity index (χ3v) is 4.81. The molecule has 1 amide bonds. The lowest BCUT2D eigenvalue weighted by molar-refractivity contribution is 0.0470. The Morgan fingerprint density at radius 2 is 1.74 bits per heavy atom. The fraction of sp³-hybridized carbons (Fsp3) is 0.684. The number of rotatable bonds is 5. The Morgan fingerprint density at radius 1 is 1.19 bits per heavy atom. The maximum atomic E-state index is 13.3. The summed E-state index contributed by atoms with van der Waals surface area (Å²) in [6.07, 6.45) is 2.93. The molecule has 0 unspecified atom stereocenters. The summed E-state index contributed by atoms with van der Waals surface area (Å²) in [4.78, 5) is 25.6. The van der Waals surface area contributed by atoms with E-state index >= 15 is 0 Å². The number of carbonyl (C=O) groups is 2. The van der Waals surface area contributed by atoms with Gasteiger partial charge in [-0.2, -0.15) is 4.68 Å². The van der Waals surface area contributed by atoms with Crippen LogP contribution in [0, 0.1) is 12.8 Å². The van der Waals surface area contributed by atoms with Gasteiger partial charge in [-0.1, -0.05) is 12.8 Å². The van der Waals surface area contributed by atoms with E-state index in [2.05, 4.69) is 5.32 Å². The van der Waals surface area contributed by atoms with Crippen molar-refractivity contribution in [2.45, 2.75) is 65.0 Å². The number of Topliss-reactive ketones (excluding diaryl/α,β-unsaturated/α-hetero) is 1.